The van der Waals surface area contributed by atoms with Crippen LogP contribution in [0.5, 0.6) is 11.5 Å². The topological polar surface area (TPSA) is 65.9 Å². The summed E-state index contributed by atoms with van der Waals surface area (Å²) in [5, 5.41) is 16.5. The number of phenolic OH excluding ortho intramolecular Hbond substituents is 1. The van der Waals surface area contributed by atoms with E-state index < -0.39 is 0 Å². The van der Waals surface area contributed by atoms with E-state index in [0.717, 1.165) is 0 Å². The molecule has 6 heteroatoms. The number of phenols is 1. The van der Waals surface area contributed by atoms with Crippen LogP contribution in [0.25, 0.3) is 0 Å². The lowest BCUT2D eigenvalue weighted by molar-refractivity contribution is 0.412. The molecule has 16 heavy (non-hydrogen) atoms. The number of hydrazone groups is 1. The first kappa shape index (κ1) is 12.3. The molecular weight excluding hydrogens is 226 g/mol. The van der Waals surface area contributed by atoms with E-state index in [-0.39, 0.29) is 5.75 Å². The zero-order valence-electron chi connectivity index (χ0n) is 9.02. The third kappa shape index (κ3) is 3.39. The van der Waals surface area contributed by atoms with Crippen LogP contribution in [-0.2, 0) is 0 Å². The summed E-state index contributed by atoms with van der Waals surface area (Å²) in [5.74, 6) is 0.775. The van der Waals surface area contributed by atoms with Crippen LogP contribution < -0.4 is 15.5 Å². The summed E-state index contributed by atoms with van der Waals surface area (Å²) < 4.78 is 5.03. The molecule has 0 aromatic heterocycles. The third-order valence-electron chi connectivity index (χ3n) is 1.83. The van der Waals surface area contributed by atoms with E-state index in [9.17, 15) is 5.11 Å². The van der Waals surface area contributed by atoms with E-state index in [0.29, 0.717) is 16.4 Å². The summed E-state index contributed by atoms with van der Waals surface area (Å²) in [6.07, 6.45) is 1.46. The molecule has 86 valence electrons. The maximum atomic E-state index is 9.53. The standard InChI is InChI=1S/C10H13N3O2S/c1-11-10(16)13-12-6-7-5-8(15-2)3-4-9(7)14/h3-6,14H,1-2H3,(H2,11,13,16)/b12-6+. The molecule has 0 unspecified atom stereocenters. The molecule has 0 aliphatic carbocycles. The zero-order valence-corrected chi connectivity index (χ0v) is 9.84. The number of ether oxygens (including phenoxy) is 1. The minimum Gasteiger partial charge on any atom is -0.507 e. The van der Waals surface area contributed by atoms with Crippen molar-refractivity contribution in [2.75, 3.05) is 14.2 Å². The highest BCUT2D eigenvalue weighted by Gasteiger charge is 2.00. The van der Waals surface area contributed by atoms with Gasteiger partial charge in [-0.2, -0.15) is 5.10 Å². The fraction of sp³-hybridized carbons (Fsp3) is 0.200. The molecule has 0 saturated carbocycles. The molecule has 0 saturated heterocycles. The molecule has 1 aromatic rings. The number of methoxy groups -OCH3 is 1. The Morgan fingerprint density at radius 1 is 1.56 bits per heavy atom. The molecule has 0 radical (unpaired) electrons. The molecule has 5 nitrogen and oxygen atoms in total. The number of nitrogens with one attached hydrogen (secondary N) is 2. The number of benzene rings is 1. The first-order valence-corrected chi connectivity index (χ1v) is 4.96. The average Bonchev–Trinajstić information content (AvgIpc) is 2.31. The van der Waals surface area contributed by atoms with Crippen molar-refractivity contribution >= 4 is 23.5 Å². The van der Waals surface area contributed by atoms with Gasteiger partial charge in [0.25, 0.3) is 0 Å². The van der Waals surface area contributed by atoms with Gasteiger partial charge in [0, 0.05) is 12.6 Å². The number of aromatic hydroxyl groups is 1. The molecule has 0 atom stereocenters. The average molecular weight is 239 g/mol. The summed E-state index contributed by atoms with van der Waals surface area (Å²) >= 11 is 4.83. The zero-order chi connectivity index (χ0) is 12.0. The highest BCUT2D eigenvalue weighted by atomic mass is 32.1. The molecule has 0 bridgehead atoms. The van der Waals surface area contributed by atoms with Crippen molar-refractivity contribution in [2.45, 2.75) is 0 Å². The number of nitrogens with zero attached hydrogens (tertiary/aromatic N) is 1. The van der Waals surface area contributed by atoms with Crippen molar-refractivity contribution in [1.82, 2.24) is 10.7 Å². The second kappa shape index (κ2) is 5.92. The molecular formula is C10H13N3O2S. The van der Waals surface area contributed by atoms with Crippen molar-refractivity contribution in [3.8, 4) is 11.5 Å². The smallest absolute Gasteiger partial charge is 0.186 e. The molecule has 0 heterocycles. The van der Waals surface area contributed by atoms with E-state index in [2.05, 4.69) is 15.8 Å². The molecule has 0 amide bonds. The highest BCUT2D eigenvalue weighted by molar-refractivity contribution is 7.80. The Balaban J connectivity index is 2.75. The Labute approximate surface area is 99.1 Å². The predicted molar refractivity (Wildman–Crippen MR) is 67.0 cm³/mol. The minimum atomic E-state index is 0.127. The lowest BCUT2D eigenvalue weighted by Gasteiger charge is -2.03. The number of hydrogen-bond acceptors (Lipinski definition) is 4. The van der Waals surface area contributed by atoms with Crippen LogP contribution in [0.4, 0.5) is 0 Å². The van der Waals surface area contributed by atoms with E-state index in [4.69, 9.17) is 17.0 Å². The van der Waals surface area contributed by atoms with E-state index in [1.165, 1.54) is 12.3 Å². The quantitative estimate of drug-likeness (QED) is 0.414. The monoisotopic (exact) mass is 239 g/mol. The predicted octanol–water partition coefficient (Wildman–Crippen LogP) is 0.829. The molecule has 3 N–H and O–H groups in total. The number of hydrogen-bond donors (Lipinski definition) is 3. The van der Waals surface area contributed by atoms with Gasteiger partial charge in [0.15, 0.2) is 5.11 Å². The van der Waals surface area contributed by atoms with Crippen LogP contribution in [0, 0.1) is 0 Å². The molecule has 0 spiro atoms. The van der Waals surface area contributed by atoms with Crippen LogP contribution in [0.15, 0.2) is 23.3 Å². The van der Waals surface area contributed by atoms with Crippen LogP contribution in [0.1, 0.15) is 5.56 Å². The molecule has 0 aliphatic heterocycles. The van der Waals surface area contributed by atoms with Gasteiger partial charge < -0.3 is 15.2 Å². The largest absolute Gasteiger partial charge is 0.507 e. The van der Waals surface area contributed by atoms with Crippen LogP contribution in [0.2, 0.25) is 0 Å². The highest BCUT2D eigenvalue weighted by Crippen LogP contribution is 2.20. The van der Waals surface area contributed by atoms with Gasteiger partial charge in [-0.05, 0) is 30.4 Å². The second-order valence-electron chi connectivity index (χ2n) is 2.87. The molecule has 0 aliphatic rings. The van der Waals surface area contributed by atoms with E-state index in [1.807, 2.05) is 0 Å². The van der Waals surface area contributed by atoms with E-state index >= 15 is 0 Å². The van der Waals surface area contributed by atoms with Crippen molar-refractivity contribution in [3.05, 3.63) is 23.8 Å². The minimum absolute atomic E-state index is 0.127. The van der Waals surface area contributed by atoms with Gasteiger partial charge in [-0.15, -0.1) is 0 Å². The van der Waals surface area contributed by atoms with Crippen molar-refractivity contribution in [2.24, 2.45) is 5.10 Å². The van der Waals surface area contributed by atoms with Crippen LogP contribution in [0.3, 0.4) is 0 Å². The van der Waals surface area contributed by atoms with Crippen molar-refractivity contribution < 1.29 is 9.84 Å². The molecule has 0 fully saturated rings. The first-order chi connectivity index (χ1) is 7.67. The van der Waals surface area contributed by atoms with Gasteiger partial charge in [-0.3, -0.25) is 5.43 Å². The Kier molecular flexibility index (Phi) is 4.53. The summed E-state index contributed by atoms with van der Waals surface area (Å²) in [6, 6.07) is 4.87. The van der Waals surface area contributed by atoms with Gasteiger partial charge >= 0.3 is 0 Å². The maximum Gasteiger partial charge on any atom is 0.186 e. The Morgan fingerprint density at radius 3 is 2.94 bits per heavy atom. The fourth-order valence-electron chi connectivity index (χ4n) is 0.979. The summed E-state index contributed by atoms with van der Waals surface area (Å²) in [4.78, 5) is 0. The van der Waals surface area contributed by atoms with Gasteiger partial charge in [0.2, 0.25) is 0 Å². The first-order valence-electron chi connectivity index (χ1n) is 4.55. The van der Waals surface area contributed by atoms with E-state index in [1.54, 1.807) is 26.3 Å². The van der Waals surface area contributed by atoms with Crippen molar-refractivity contribution in [3.63, 3.8) is 0 Å². The summed E-state index contributed by atoms with van der Waals surface area (Å²) in [5.41, 5.74) is 3.13. The molecule has 1 rings (SSSR count). The van der Waals surface area contributed by atoms with Gasteiger partial charge in [0.05, 0.1) is 13.3 Å². The lowest BCUT2D eigenvalue weighted by atomic mass is 10.2. The third-order valence-corrected chi connectivity index (χ3v) is 2.13. The van der Waals surface area contributed by atoms with Crippen LogP contribution in [-0.4, -0.2) is 30.6 Å². The summed E-state index contributed by atoms with van der Waals surface area (Å²) in [7, 11) is 3.25. The van der Waals surface area contributed by atoms with Gasteiger partial charge in [-0.25, -0.2) is 0 Å². The van der Waals surface area contributed by atoms with Crippen molar-refractivity contribution in [1.29, 1.82) is 0 Å². The number of thiocarbonyl (C=S) groups is 1. The lowest BCUT2D eigenvalue weighted by Crippen LogP contribution is -2.28. The Bertz CT molecular complexity index is 407. The fourth-order valence-corrected chi connectivity index (χ4v) is 1.03. The Morgan fingerprint density at radius 2 is 2.31 bits per heavy atom. The van der Waals surface area contributed by atoms with Gasteiger partial charge in [0.1, 0.15) is 11.5 Å². The van der Waals surface area contributed by atoms with Crippen LogP contribution >= 0.6 is 12.2 Å². The maximum absolute atomic E-state index is 9.53. The Hall–Kier alpha value is -1.82. The molecule has 1 aromatic carbocycles. The normalized spacial score (nSPS) is 10.1. The SMILES string of the molecule is CNC(=S)N/N=C/c1cc(OC)ccc1O. The second-order valence-corrected chi connectivity index (χ2v) is 3.28. The summed E-state index contributed by atoms with van der Waals surface area (Å²) in [6.45, 7) is 0. The number of rotatable bonds is 3. The van der Waals surface area contributed by atoms with Gasteiger partial charge in [-0.1, -0.05) is 0 Å².